The molecular weight excluding hydrogens is 160 g/mol. The third-order valence-electron chi connectivity index (χ3n) is 0.255. The normalized spacial score (nSPS) is 6.33. The van der Waals surface area contributed by atoms with E-state index in [0.29, 0.717) is 0 Å². The lowest BCUT2D eigenvalue weighted by Gasteiger charge is -1.70. The molecule has 6 heavy (non-hydrogen) atoms. The fourth-order valence-corrected chi connectivity index (χ4v) is 0.642. The van der Waals surface area contributed by atoms with Crippen molar-refractivity contribution in [3.05, 3.63) is 0 Å². The first kappa shape index (κ1) is 6.39. The van der Waals surface area contributed by atoms with E-state index in [0.717, 1.165) is 5.75 Å². The minimum atomic E-state index is 1.07. The van der Waals surface area contributed by atoms with Gasteiger partial charge in [-0.1, -0.05) is 18.7 Å². The maximum absolute atomic E-state index is 2.97. The maximum Gasteiger partial charge on any atom is 0.0115 e. The Bertz CT molecular complexity index is 69.4. The number of hydrogen-bond donors (Lipinski definition) is 0. The highest BCUT2D eigenvalue weighted by atomic mass is 79.9. The molecule has 0 heterocycles. The second kappa shape index (κ2) is 5.39. The Morgan fingerprint density at radius 2 is 2.50 bits per heavy atom. The largest absolute Gasteiger partial charge is 0.0745 e. The lowest BCUT2D eigenvalue weighted by molar-refractivity contribution is 1.54. The summed E-state index contributed by atoms with van der Waals surface area (Å²) in [5, 5.41) is 2.78. The van der Waals surface area contributed by atoms with Gasteiger partial charge in [0, 0.05) is 21.7 Å². The van der Waals surface area contributed by atoms with Crippen LogP contribution in [0.4, 0.5) is 0 Å². The van der Waals surface area contributed by atoms with Crippen molar-refractivity contribution < 1.29 is 0 Å². The van der Waals surface area contributed by atoms with Crippen molar-refractivity contribution in [3.8, 4) is 10.1 Å². The van der Waals surface area contributed by atoms with Crippen LogP contribution in [0.5, 0.6) is 0 Å². The van der Waals surface area contributed by atoms with Crippen molar-refractivity contribution in [2.24, 2.45) is 0 Å². The predicted molar refractivity (Wildman–Crippen MR) is 34.8 cm³/mol. The van der Waals surface area contributed by atoms with Gasteiger partial charge in [-0.25, -0.2) is 0 Å². The first-order valence-corrected chi connectivity index (χ1v) is 3.42. The monoisotopic (exact) mass is 164 g/mol. The van der Waals surface area contributed by atoms with Gasteiger partial charge in [0.15, 0.2) is 0 Å². The minimum Gasteiger partial charge on any atom is -0.0745 e. The van der Waals surface area contributed by atoms with Crippen molar-refractivity contribution in [1.29, 1.82) is 0 Å². The van der Waals surface area contributed by atoms with E-state index in [1.807, 2.05) is 0 Å². The Morgan fingerprint density at radius 3 is 2.67 bits per heavy atom. The molecule has 0 saturated carbocycles. The first-order chi connectivity index (χ1) is 2.91. The molecule has 0 rings (SSSR count). The smallest absolute Gasteiger partial charge is 0.0115 e. The summed E-state index contributed by atoms with van der Waals surface area (Å²) < 4.78 is 0. The highest BCUT2D eigenvalue weighted by molar-refractivity contribution is 9.12. The summed E-state index contributed by atoms with van der Waals surface area (Å²) in [6.45, 7) is 2.07. The summed E-state index contributed by atoms with van der Waals surface area (Å²) in [6, 6.07) is 0. The van der Waals surface area contributed by atoms with E-state index >= 15 is 0 Å². The van der Waals surface area contributed by atoms with Crippen molar-refractivity contribution in [2.45, 2.75) is 6.92 Å². The van der Waals surface area contributed by atoms with Gasteiger partial charge in [-0.2, -0.15) is 0 Å². The fourth-order valence-electron chi connectivity index (χ4n) is 0.0994. The fraction of sp³-hybridized carbons (Fsp3) is 0.500. The van der Waals surface area contributed by atoms with Crippen LogP contribution in [0.3, 0.4) is 0 Å². The van der Waals surface area contributed by atoms with Gasteiger partial charge in [-0.05, 0) is 10.1 Å². The molecular formula is C4H5BrS. The predicted octanol–water partition coefficient (Wildman–Crippen LogP) is 2.05. The Labute approximate surface area is 50.8 Å². The third-order valence-corrected chi connectivity index (χ3v) is 1.25. The molecule has 0 atom stereocenters. The van der Waals surface area contributed by atoms with Gasteiger partial charge >= 0.3 is 0 Å². The summed E-state index contributed by atoms with van der Waals surface area (Å²) in [4.78, 5) is 2.59. The second-order valence-electron chi connectivity index (χ2n) is 0.630. The van der Waals surface area contributed by atoms with Crippen molar-refractivity contribution in [3.63, 3.8) is 0 Å². The molecule has 0 spiro atoms. The van der Waals surface area contributed by atoms with Crippen molar-refractivity contribution in [2.75, 3.05) is 5.75 Å². The van der Waals surface area contributed by atoms with E-state index in [1.54, 1.807) is 11.8 Å². The highest BCUT2D eigenvalue weighted by Crippen LogP contribution is 1.92. The van der Waals surface area contributed by atoms with Crippen LogP contribution in [-0.4, -0.2) is 5.75 Å². The topological polar surface area (TPSA) is 0 Å². The lowest BCUT2D eigenvalue weighted by atomic mass is 11.0. The van der Waals surface area contributed by atoms with Crippen LogP contribution in [0.15, 0.2) is 0 Å². The van der Waals surface area contributed by atoms with Crippen molar-refractivity contribution in [1.82, 2.24) is 0 Å². The maximum atomic E-state index is 2.97. The van der Waals surface area contributed by atoms with E-state index < -0.39 is 0 Å². The van der Waals surface area contributed by atoms with E-state index in [2.05, 4.69) is 32.9 Å². The first-order valence-electron chi connectivity index (χ1n) is 1.64. The van der Waals surface area contributed by atoms with Gasteiger partial charge in [0.05, 0.1) is 0 Å². The number of hydrogen-bond acceptors (Lipinski definition) is 1. The van der Waals surface area contributed by atoms with E-state index in [1.165, 1.54) is 0 Å². The zero-order valence-corrected chi connectivity index (χ0v) is 5.90. The van der Waals surface area contributed by atoms with Crippen LogP contribution in [0.2, 0.25) is 0 Å². The molecule has 0 aromatic carbocycles. The van der Waals surface area contributed by atoms with Gasteiger partial charge in [-0.15, -0.1) is 0 Å². The molecule has 0 aliphatic rings. The van der Waals surface area contributed by atoms with Crippen LogP contribution >= 0.6 is 27.7 Å². The number of thioether (sulfide) groups is 1. The average molecular weight is 165 g/mol. The molecule has 0 radical (unpaired) electrons. The van der Waals surface area contributed by atoms with Crippen molar-refractivity contribution >= 4 is 27.7 Å². The summed E-state index contributed by atoms with van der Waals surface area (Å²) in [7, 11) is 0. The molecule has 0 unspecified atom stereocenters. The third kappa shape index (κ3) is 4.39. The molecule has 0 aromatic rings. The quantitative estimate of drug-likeness (QED) is 0.536. The summed E-state index contributed by atoms with van der Waals surface area (Å²) in [5.41, 5.74) is 0. The zero-order chi connectivity index (χ0) is 4.83. The zero-order valence-electron chi connectivity index (χ0n) is 3.49. The molecule has 0 nitrogen and oxygen atoms in total. The lowest BCUT2D eigenvalue weighted by Crippen LogP contribution is -1.53. The van der Waals surface area contributed by atoms with Crippen LogP contribution in [0, 0.1) is 10.1 Å². The standard InChI is InChI=1S/C4H5BrS/c1-2-6-4-3-5/h2H2,1H3. The molecule has 2 heteroatoms. The van der Waals surface area contributed by atoms with Gasteiger partial charge in [0.25, 0.3) is 0 Å². The molecule has 0 aliphatic carbocycles. The molecule has 0 saturated heterocycles. The second-order valence-corrected chi connectivity index (χ2v) is 2.10. The van der Waals surface area contributed by atoms with Gasteiger partial charge in [0.1, 0.15) is 0 Å². The SMILES string of the molecule is CCSC#CBr. The summed E-state index contributed by atoms with van der Waals surface area (Å²) in [5.74, 6) is 1.07. The van der Waals surface area contributed by atoms with Gasteiger partial charge in [-0.3, -0.25) is 0 Å². The Balaban J connectivity index is 2.79. The van der Waals surface area contributed by atoms with Gasteiger partial charge < -0.3 is 0 Å². The minimum absolute atomic E-state index is 1.07. The summed E-state index contributed by atoms with van der Waals surface area (Å²) >= 11 is 4.57. The Morgan fingerprint density at radius 1 is 1.83 bits per heavy atom. The van der Waals surface area contributed by atoms with E-state index in [4.69, 9.17) is 0 Å². The molecule has 0 bridgehead atoms. The molecule has 0 N–H and O–H groups in total. The van der Waals surface area contributed by atoms with E-state index in [-0.39, 0.29) is 0 Å². The molecule has 0 aromatic heterocycles. The van der Waals surface area contributed by atoms with Crippen LogP contribution in [0.25, 0.3) is 0 Å². The molecule has 34 valence electrons. The Kier molecular flexibility index (Phi) is 5.74. The average Bonchev–Trinajstić information content (AvgIpc) is 1.61. The van der Waals surface area contributed by atoms with Gasteiger partial charge in [0.2, 0.25) is 0 Å². The molecule has 0 amide bonds. The van der Waals surface area contributed by atoms with Crippen LogP contribution in [-0.2, 0) is 0 Å². The summed E-state index contributed by atoms with van der Waals surface area (Å²) in [6.07, 6.45) is 0. The Hall–Kier alpha value is 0.390. The molecule has 0 fully saturated rings. The molecule has 0 aliphatic heterocycles. The highest BCUT2D eigenvalue weighted by Gasteiger charge is 1.64. The number of rotatable bonds is 1. The number of halogens is 1. The van der Waals surface area contributed by atoms with E-state index in [9.17, 15) is 0 Å². The van der Waals surface area contributed by atoms with Crippen LogP contribution in [0.1, 0.15) is 6.92 Å². The van der Waals surface area contributed by atoms with Crippen LogP contribution < -0.4 is 0 Å².